The molecule has 2 unspecified atom stereocenters. The Bertz CT molecular complexity index is 1980. The van der Waals surface area contributed by atoms with Crippen LogP contribution in [0.5, 0.6) is 0 Å². The van der Waals surface area contributed by atoms with Gasteiger partial charge in [-0.25, -0.2) is 9.13 Å². The number of hydrogen-bond acceptors (Lipinski definition) is 15. The molecule has 19 heteroatoms. The van der Waals surface area contributed by atoms with E-state index in [-0.39, 0.29) is 25.7 Å². The lowest BCUT2D eigenvalue weighted by atomic mass is 10.0. The summed E-state index contributed by atoms with van der Waals surface area (Å²) in [7, 11) is -9.93. The number of aliphatic hydroxyl groups is 1. The number of phosphoric ester groups is 2. The van der Waals surface area contributed by atoms with Gasteiger partial charge in [0.1, 0.15) is 19.3 Å². The molecule has 0 saturated carbocycles. The van der Waals surface area contributed by atoms with Crippen LogP contribution < -0.4 is 0 Å². The maximum absolute atomic E-state index is 13.1. The Morgan fingerprint density at radius 3 is 0.837 bits per heavy atom. The lowest BCUT2D eigenvalue weighted by Gasteiger charge is -2.21. The number of rotatable bonds is 76. The molecule has 17 nitrogen and oxygen atoms in total. The maximum atomic E-state index is 13.1. The van der Waals surface area contributed by atoms with Gasteiger partial charge in [0.2, 0.25) is 0 Å². The Kier molecular flexibility index (Phi) is 68.5. The first-order valence-corrected chi connectivity index (χ1v) is 43.3. The summed E-state index contributed by atoms with van der Waals surface area (Å²) in [5, 5.41) is 10.6. The van der Waals surface area contributed by atoms with Crippen molar-refractivity contribution in [3.05, 3.63) is 24.3 Å². The molecule has 0 heterocycles. The largest absolute Gasteiger partial charge is 0.472 e. The standard InChI is InChI=1S/C79H150O17P2/c1-7-9-11-13-15-17-19-21-23-24-25-26-27-28-30-32-34-36-45-51-57-63-78(83)95-74(67-89-76(81)61-55-49-43-35-33-31-29-22-20-18-16-14-12-10-8-2)69-93-97(85,86)91-65-73(80)66-92-98(87,88)94-70-75(96-79(84)64-58-52-46-40-38-42-48-54-60-72(5)6)68-90-77(82)62-56-50-44-39-37-41-47-53-59-71(3)4/h18,20,22,29,71-75,80H,7-17,19,21,23-28,30-70H2,1-6H3,(H,85,86)(H,87,88)/b20-18-,29-22-/t73-,74-,75-/m1/s1. The lowest BCUT2D eigenvalue weighted by Crippen LogP contribution is -2.30. The van der Waals surface area contributed by atoms with Gasteiger partial charge in [0.15, 0.2) is 12.2 Å². The van der Waals surface area contributed by atoms with Gasteiger partial charge < -0.3 is 33.8 Å². The number of hydrogen-bond donors (Lipinski definition) is 3. The van der Waals surface area contributed by atoms with Crippen molar-refractivity contribution in [1.82, 2.24) is 0 Å². The van der Waals surface area contributed by atoms with Crippen LogP contribution in [0.1, 0.15) is 388 Å². The Morgan fingerprint density at radius 1 is 0.316 bits per heavy atom. The van der Waals surface area contributed by atoms with Crippen LogP contribution in [0, 0.1) is 11.8 Å². The van der Waals surface area contributed by atoms with Gasteiger partial charge in [-0.2, -0.15) is 0 Å². The molecule has 0 rings (SSSR count). The molecule has 0 saturated heterocycles. The number of aliphatic hydroxyl groups excluding tert-OH is 1. The molecule has 0 aromatic heterocycles. The van der Waals surface area contributed by atoms with Crippen molar-refractivity contribution in [3.63, 3.8) is 0 Å². The maximum Gasteiger partial charge on any atom is 0.472 e. The summed E-state index contributed by atoms with van der Waals surface area (Å²) >= 11 is 0. The fraction of sp³-hybridized carbons (Fsp3) is 0.899. The fourth-order valence-corrected chi connectivity index (χ4v) is 13.2. The molecule has 3 N–H and O–H groups in total. The Labute approximate surface area is 599 Å². The van der Waals surface area contributed by atoms with E-state index in [0.29, 0.717) is 31.6 Å². The van der Waals surface area contributed by atoms with Crippen LogP contribution in [0.25, 0.3) is 0 Å². The topological polar surface area (TPSA) is 237 Å². The first-order chi connectivity index (χ1) is 47.4. The van der Waals surface area contributed by atoms with Gasteiger partial charge in [-0.1, -0.05) is 336 Å². The molecule has 0 aliphatic heterocycles. The fourth-order valence-electron chi connectivity index (χ4n) is 11.6. The Balaban J connectivity index is 5.24. The van der Waals surface area contributed by atoms with Crippen LogP contribution in [0.2, 0.25) is 0 Å². The van der Waals surface area contributed by atoms with Crippen LogP contribution >= 0.6 is 15.6 Å². The highest BCUT2D eigenvalue weighted by molar-refractivity contribution is 7.47. The minimum atomic E-state index is -4.97. The van der Waals surface area contributed by atoms with Crippen molar-refractivity contribution in [3.8, 4) is 0 Å². The summed E-state index contributed by atoms with van der Waals surface area (Å²) < 4.78 is 68.5. The molecule has 0 aliphatic rings. The van der Waals surface area contributed by atoms with Crippen LogP contribution in [0.3, 0.4) is 0 Å². The third-order valence-electron chi connectivity index (χ3n) is 17.8. The molecular weight excluding hydrogens is 1280 g/mol. The zero-order chi connectivity index (χ0) is 72.1. The predicted octanol–water partition coefficient (Wildman–Crippen LogP) is 23.1. The van der Waals surface area contributed by atoms with E-state index in [0.717, 1.165) is 115 Å². The van der Waals surface area contributed by atoms with Crippen molar-refractivity contribution in [2.24, 2.45) is 11.8 Å². The van der Waals surface area contributed by atoms with E-state index in [4.69, 9.17) is 37.0 Å². The van der Waals surface area contributed by atoms with Crippen LogP contribution in [-0.2, 0) is 65.4 Å². The van der Waals surface area contributed by atoms with Gasteiger partial charge in [0.25, 0.3) is 0 Å². The number of carbonyl (C=O) groups is 4. The normalized spacial score (nSPS) is 14.1. The Hall–Kier alpha value is -2.46. The molecular formula is C79H150O17P2. The van der Waals surface area contributed by atoms with E-state index in [1.54, 1.807) is 0 Å². The van der Waals surface area contributed by atoms with Gasteiger partial charge in [0, 0.05) is 25.7 Å². The number of allylic oxidation sites excluding steroid dienone is 4. The van der Waals surface area contributed by atoms with E-state index >= 15 is 0 Å². The average molecular weight is 1430 g/mol. The summed E-state index contributed by atoms with van der Waals surface area (Å²) in [5.74, 6) is -0.705. The SMILES string of the molecule is CCCCCC/C=C\C=C/CCCCCCCC(=O)OC[C@H](COP(=O)(O)OC[C@@H](O)COP(=O)(O)OC[C@@H](COC(=O)CCCCCCCCCCC(C)C)OC(=O)CCCCCCCCCCC(C)C)OC(=O)CCCCCCCCCCCCCCCCCCCCCCC. The molecule has 578 valence electrons. The van der Waals surface area contributed by atoms with Crippen molar-refractivity contribution in [2.75, 3.05) is 39.6 Å². The number of esters is 4. The lowest BCUT2D eigenvalue weighted by molar-refractivity contribution is -0.161. The molecule has 0 spiro atoms. The van der Waals surface area contributed by atoms with Crippen molar-refractivity contribution in [2.45, 2.75) is 407 Å². The van der Waals surface area contributed by atoms with E-state index in [1.165, 1.54) is 186 Å². The van der Waals surface area contributed by atoms with Gasteiger partial charge in [-0.05, 0) is 63.2 Å². The van der Waals surface area contributed by atoms with Crippen LogP contribution in [-0.4, -0.2) is 96.7 Å². The summed E-state index contributed by atoms with van der Waals surface area (Å²) in [6.07, 6.45) is 62.1. The second kappa shape index (κ2) is 70.2. The smallest absolute Gasteiger partial charge is 0.462 e. The highest BCUT2D eigenvalue weighted by Crippen LogP contribution is 2.45. The second-order valence-electron chi connectivity index (χ2n) is 28.7. The second-order valence-corrected chi connectivity index (χ2v) is 31.6. The van der Waals surface area contributed by atoms with Gasteiger partial charge in [0.05, 0.1) is 26.4 Å². The first kappa shape index (κ1) is 95.5. The Morgan fingerprint density at radius 2 is 0.551 bits per heavy atom. The van der Waals surface area contributed by atoms with E-state index in [9.17, 15) is 43.2 Å². The molecule has 0 amide bonds. The third kappa shape index (κ3) is 71.9. The van der Waals surface area contributed by atoms with Crippen molar-refractivity contribution in [1.29, 1.82) is 0 Å². The highest BCUT2D eigenvalue weighted by Gasteiger charge is 2.30. The van der Waals surface area contributed by atoms with Crippen LogP contribution in [0.15, 0.2) is 24.3 Å². The number of ether oxygens (including phenoxy) is 4. The average Bonchev–Trinajstić information content (AvgIpc) is 1.15. The molecule has 0 bridgehead atoms. The highest BCUT2D eigenvalue weighted by atomic mass is 31.2. The molecule has 0 aromatic rings. The number of unbranched alkanes of at least 4 members (excludes halogenated alkanes) is 43. The number of phosphoric acid groups is 2. The van der Waals surface area contributed by atoms with E-state index in [2.05, 4.69) is 65.8 Å². The number of carbonyl (C=O) groups excluding carboxylic acids is 4. The molecule has 0 radical (unpaired) electrons. The third-order valence-corrected chi connectivity index (χ3v) is 19.7. The monoisotopic (exact) mass is 1430 g/mol. The summed E-state index contributed by atoms with van der Waals surface area (Å²) in [5.41, 5.74) is 0. The molecule has 0 fully saturated rings. The van der Waals surface area contributed by atoms with E-state index in [1.807, 2.05) is 0 Å². The summed E-state index contributed by atoms with van der Waals surface area (Å²) in [6, 6.07) is 0. The van der Waals surface area contributed by atoms with Crippen molar-refractivity contribution >= 4 is 39.5 Å². The molecule has 0 aliphatic carbocycles. The first-order valence-electron chi connectivity index (χ1n) is 40.3. The molecule has 5 atom stereocenters. The minimum Gasteiger partial charge on any atom is -0.462 e. The van der Waals surface area contributed by atoms with Gasteiger partial charge in [-0.3, -0.25) is 37.3 Å². The summed E-state index contributed by atoms with van der Waals surface area (Å²) in [4.78, 5) is 72.9. The quantitative estimate of drug-likeness (QED) is 0.0169. The van der Waals surface area contributed by atoms with Gasteiger partial charge in [-0.15, -0.1) is 0 Å². The van der Waals surface area contributed by atoms with Gasteiger partial charge >= 0.3 is 39.5 Å². The molecule has 0 aromatic carbocycles. The van der Waals surface area contributed by atoms with Crippen LogP contribution in [0.4, 0.5) is 0 Å². The molecule has 98 heavy (non-hydrogen) atoms. The minimum absolute atomic E-state index is 0.102. The predicted molar refractivity (Wildman–Crippen MR) is 400 cm³/mol. The van der Waals surface area contributed by atoms with E-state index < -0.39 is 97.5 Å². The summed E-state index contributed by atoms with van der Waals surface area (Å²) in [6.45, 7) is 9.46. The zero-order valence-corrected chi connectivity index (χ0v) is 65.4. The zero-order valence-electron chi connectivity index (χ0n) is 63.6. The van der Waals surface area contributed by atoms with Crippen molar-refractivity contribution < 1.29 is 80.2 Å².